The monoisotopic (exact) mass is 301 g/mol. The number of nitrogens with zero attached hydrogens (tertiary/aromatic N) is 1. The minimum Gasteiger partial charge on any atom is -0.377 e. The molecule has 0 rings (SSSR count). The minimum atomic E-state index is -0.178. The summed E-state index contributed by atoms with van der Waals surface area (Å²) in [6.07, 6.45) is 0.906. The number of hydrogen-bond donors (Lipinski definition) is 0. The highest BCUT2D eigenvalue weighted by atomic mass is 16.5. The van der Waals surface area contributed by atoms with Crippen LogP contribution in [-0.4, -0.2) is 56.0 Å². The maximum absolute atomic E-state index is 11.9. The first kappa shape index (κ1) is 19.7. The first-order valence-corrected chi connectivity index (χ1v) is 7.28. The van der Waals surface area contributed by atoms with Crippen LogP contribution in [0.5, 0.6) is 0 Å². The third-order valence-electron chi connectivity index (χ3n) is 3.24. The summed E-state index contributed by atoms with van der Waals surface area (Å²) in [5.41, 5.74) is 0. The number of amides is 2. The molecule has 122 valence electrons. The highest BCUT2D eigenvalue weighted by Crippen LogP contribution is 2.14. The van der Waals surface area contributed by atoms with Crippen molar-refractivity contribution in [2.75, 3.05) is 33.0 Å². The Morgan fingerprint density at radius 3 is 2.24 bits per heavy atom. The zero-order valence-electron chi connectivity index (χ0n) is 13.5. The van der Waals surface area contributed by atoms with Gasteiger partial charge < -0.3 is 9.47 Å². The van der Waals surface area contributed by atoms with Crippen molar-refractivity contribution in [2.24, 2.45) is 11.8 Å². The lowest BCUT2D eigenvalue weighted by Crippen LogP contribution is -2.34. The number of imide groups is 1. The second-order valence-electron chi connectivity index (χ2n) is 5.48. The molecule has 0 aromatic heterocycles. The number of Topliss-reactive ketones (excluding diaryl/α,β-unsaturated/α-hetero) is 1. The Bertz CT molecular complexity index is 330. The van der Waals surface area contributed by atoms with Gasteiger partial charge >= 0.3 is 0 Å². The maximum atomic E-state index is 11.9. The number of carbonyl (C=O) groups excluding carboxylic acids is 3. The van der Waals surface area contributed by atoms with Gasteiger partial charge in [0.25, 0.3) is 0 Å². The van der Waals surface area contributed by atoms with Crippen LogP contribution in [0.1, 0.15) is 34.1 Å². The van der Waals surface area contributed by atoms with Gasteiger partial charge in [-0.25, -0.2) is 0 Å². The molecule has 0 saturated heterocycles. The van der Waals surface area contributed by atoms with Crippen molar-refractivity contribution < 1.29 is 23.9 Å². The van der Waals surface area contributed by atoms with Gasteiger partial charge in [0, 0.05) is 6.42 Å². The molecule has 0 aromatic carbocycles. The van der Waals surface area contributed by atoms with Crippen molar-refractivity contribution in [2.45, 2.75) is 34.1 Å². The van der Waals surface area contributed by atoms with Crippen molar-refractivity contribution in [1.82, 2.24) is 4.90 Å². The molecular formula is C15H27NO5. The quantitative estimate of drug-likeness (QED) is 0.401. The van der Waals surface area contributed by atoms with Crippen LogP contribution in [0.2, 0.25) is 0 Å². The number of rotatable bonds is 12. The van der Waals surface area contributed by atoms with Gasteiger partial charge in [-0.05, 0) is 18.8 Å². The predicted octanol–water partition coefficient (Wildman–Crippen LogP) is 1.28. The fourth-order valence-electron chi connectivity index (χ4n) is 1.46. The van der Waals surface area contributed by atoms with E-state index >= 15 is 0 Å². The zero-order valence-corrected chi connectivity index (χ0v) is 13.5. The molecule has 2 amide bonds. The number of ketones is 1. The fraction of sp³-hybridized carbons (Fsp3) is 0.800. The molecule has 1 atom stereocenters. The number of ether oxygens (including phenoxy) is 2. The summed E-state index contributed by atoms with van der Waals surface area (Å²) in [6.45, 7) is 8.77. The molecule has 0 heterocycles. The van der Waals surface area contributed by atoms with Crippen LogP contribution in [0.4, 0.5) is 0 Å². The molecule has 0 bridgehead atoms. The van der Waals surface area contributed by atoms with E-state index in [-0.39, 0.29) is 37.4 Å². The van der Waals surface area contributed by atoms with Gasteiger partial charge in [0.15, 0.2) is 5.78 Å². The average molecular weight is 301 g/mol. The molecular weight excluding hydrogens is 274 g/mol. The van der Waals surface area contributed by atoms with Crippen molar-refractivity contribution in [1.29, 1.82) is 0 Å². The SMILES string of the molecule is CC(=O)COCCOCCN(C=O)C(=O)CC(C)C(C)C. The molecule has 0 spiro atoms. The summed E-state index contributed by atoms with van der Waals surface area (Å²) >= 11 is 0. The van der Waals surface area contributed by atoms with E-state index in [0.717, 1.165) is 4.90 Å². The second-order valence-corrected chi connectivity index (χ2v) is 5.48. The molecule has 0 radical (unpaired) electrons. The van der Waals surface area contributed by atoms with Gasteiger partial charge in [-0.3, -0.25) is 19.3 Å². The van der Waals surface area contributed by atoms with E-state index in [1.807, 2.05) is 20.8 Å². The van der Waals surface area contributed by atoms with Crippen LogP contribution >= 0.6 is 0 Å². The summed E-state index contributed by atoms with van der Waals surface area (Å²) in [5, 5.41) is 0. The van der Waals surface area contributed by atoms with Crippen LogP contribution in [0, 0.1) is 11.8 Å². The first-order valence-electron chi connectivity index (χ1n) is 7.28. The molecule has 1 unspecified atom stereocenters. The molecule has 6 nitrogen and oxygen atoms in total. The molecule has 21 heavy (non-hydrogen) atoms. The van der Waals surface area contributed by atoms with E-state index in [1.54, 1.807) is 0 Å². The minimum absolute atomic E-state index is 0.0352. The highest BCUT2D eigenvalue weighted by Gasteiger charge is 2.17. The molecule has 0 fully saturated rings. The lowest BCUT2D eigenvalue weighted by atomic mass is 9.94. The third-order valence-corrected chi connectivity index (χ3v) is 3.24. The van der Waals surface area contributed by atoms with Crippen LogP contribution in [-0.2, 0) is 23.9 Å². The Labute approximate surface area is 126 Å². The summed E-state index contributed by atoms with van der Waals surface area (Å²) in [7, 11) is 0. The van der Waals surface area contributed by atoms with E-state index in [2.05, 4.69) is 0 Å². The third kappa shape index (κ3) is 10.1. The molecule has 6 heteroatoms. The maximum Gasteiger partial charge on any atom is 0.229 e. The molecule has 0 aliphatic heterocycles. The van der Waals surface area contributed by atoms with Gasteiger partial charge in [0.1, 0.15) is 6.61 Å². The fourth-order valence-corrected chi connectivity index (χ4v) is 1.46. The smallest absolute Gasteiger partial charge is 0.229 e. The molecule has 0 N–H and O–H groups in total. The van der Waals surface area contributed by atoms with Gasteiger partial charge in [0.05, 0.1) is 26.4 Å². The molecule has 0 saturated carbocycles. The predicted molar refractivity (Wildman–Crippen MR) is 78.7 cm³/mol. The van der Waals surface area contributed by atoms with Crippen molar-refractivity contribution in [3.05, 3.63) is 0 Å². The molecule has 0 aliphatic carbocycles. The largest absolute Gasteiger partial charge is 0.377 e. The van der Waals surface area contributed by atoms with E-state index in [9.17, 15) is 14.4 Å². The van der Waals surface area contributed by atoms with E-state index in [0.29, 0.717) is 32.0 Å². The Morgan fingerprint density at radius 1 is 1.10 bits per heavy atom. The molecule has 0 aromatic rings. The number of hydrogen-bond acceptors (Lipinski definition) is 5. The Balaban J connectivity index is 3.81. The number of carbonyl (C=O) groups is 3. The van der Waals surface area contributed by atoms with Gasteiger partial charge in [-0.2, -0.15) is 0 Å². The van der Waals surface area contributed by atoms with E-state index in [1.165, 1.54) is 6.92 Å². The van der Waals surface area contributed by atoms with Crippen LogP contribution in [0.3, 0.4) is 0 Å². The highest BCUT2D eigenvalue weighted by molar-refractivity contribution is 5.86. The van der Waals surface area contributed by atoms with Crippen molar-refractivity contribution in [3.8, 4) is 0 Å². The lowest BCUT2D eigenvalue weighted by Gasteiger charge is -2.20. The van der Waals surface area contributed by atoms with E-state index in [4.69, 9.17) is 9.47 Å². The zero-order chi connectivity index (χ0) is 16.3. The van der Waals surface area contributed by atoms with Crippen molar-refractivity contribution in [3.63, 3.8) is 0 Å². The lowest BCUT2D eigenvalue weighted by molar-refractivity contribution is -0.140. The van der Waals surface area contributed by atoms with Crippen LogP contribution in [0.15, 0.2) is 0 Å². The topological polar surface area (TPSA) is 72.9 Å². The second kappa shape index (κ2) is 11.4. The standard InChI is InChI=1S/C15H27NO5/c1-12(2)13(3)9-15(19)16(11-17)5-6-20-7-8-21-10-14(4)18/h11-13H,5-10H2,1-4H3. The normalized spacial score (nSPS) is 12.2. The van der Waals surface area contributed by atoms with Gasteiger partial charge in [-0.15, -0.1) is 0 Å². The summed E-state index contributed by atoms with van der Waals surface area (Å²) < 4.78 is 10.3. The van der Waals surface area contributed by atoms with Gasteiger partial charge in [0.2, 0.25) is 12.3 Å². The van der Waals surface area contributed by atoms with Gasteiger partial charge in [-0.1, -0.05) is 20.8 Å². The average Bonchev–Trinajstić information content (AvgIpc) is 2.41. The van der Waals surface area contributed by atoms with Crippen LogP contribution in [0.25, 0.3) is 0 Å². The Hall–Kier alpha value is -1.27. The molecule has 0 aliphatic rings. The summed E-state index contributed by atoms with van der Waals surface area (Å²) in [6, 6.07) is 0. The Kier molecular flexibility index (Phi) is 10.7. The van der Waals surface area contributed by atoms with E-state index < -0.39 is 0 Å². The Morgan fingerprint density at radius 2 is 1.71 bits per heavy atom. The van der Waals surface area contributed by atoms with Crippen LogP contribution < -0.4 is 0 Å². The summed E-state index contributed by atoms with van der Waals surface area (Å²) in [5.74, 6) is 0.424. The van der Waals surface area contributed by atoms with Crippen molar-refractivity contribution >= 4 is 18.1 Å². The first-order chi connectivity index (χ1) is 9.88. The summed E-state index contributed by atoms with van der Waals surface area (Å²) in [4.78, 5) is 34.6.